The Balaban J connectivity index is 1.43. The van der Waals surface area contributed by atoms with Gasteiger partial charge in [0, 0.05) is 27.4 Å². The van der Waals surface area contributed by atoms with Gasteiger partial charge in [-0.25, -0.2) is 9.80 Å². The number of imide groups is 2. The molecule has 1 N–H and O–H groups in total. The summed E-state index contributed by atoms with van der Waals surface area (Å²) in [6.07, 6.45) is 0. The molecule has 39 heavy (non-hydrogen) atoms. The molecule has 3 fully saturated rings. The third-order valence-corrected chi connectivity index (χ3v) is 10.0. The fourth-order valence-corrected chi connectivity index (χ4v) is 8.53. The van der Waals surface area contributed by atoms with Crippen LogP contribution < -0.4 is 9.80 Å². The monoisotopic (exact) mass is 515 g/mol. The van der Waals surface area contributed by atoms with E-state index in [1.807, 2.05) is 50.2 Å². The molecule has 7 nitrogen and oxygen atoms in total. The summed E-state index contributed by atoms with van der Waals surface area (Å²) < 4.78 is 0. The van der Waals surface area contributed by atoms with Crippen LogP contribution in [0.5, 0.6) is 0 Å². The number of carbonyl (C=O) groups is 4. The number of hydrogen-bond donors (Lipinski definition) is 1. The van der Waals surface area contributed by atoms with Crippen LogP contribution in [0.15, 0.2) is 84.9 Å². The van der Waals surface area contributed by atoms with Crippen LogP contribution in [0.3, 0.4) is 0 Å². The first-order valence-electron chi connectivity index (χ1n) is 13.3. The van der Waals surface area contributed by atoms with E-state index in [2.05, 4.69) is 4.98 Å². The summed E-state index contributed by atoms with van der Waals surface area (Å²) in [5.74, 6) is -4.38. The maximum Gasteiger partial charge on any atom is 0.238 e. The Morgan fingerprint density at radius 2 is 0.974 bits per heavy atom. The molecule has 1 saturated carbocycles. The number of amides is 4. The Morgan fingerprint density at radius 3 is 1.46 bits per heavy atom. The molecule has 0 radical (unpaired) electrons. The van der Waals surface area contributed by atoms with Gasteiger partial charge in [0.15, 0.2) is 0 Å². The average Bonchev–Trinajstić information content (AvgIpc) is 3.57. The van der Waals surface area contributed by atoms with Crippen LogP contribution in [-0.2, 0) is 30.0 Å². The molecule has 2 aliphatic heterocycles. The lowest BCUT2D eigenvalue weighted by Crippen LogP contribution is -2.67. The van der Waals surface area contributed by atoms with E-state index >= 15 is 0 Å². The molecule has 3 heterocycles. The fourth-order valence-electron chi connectivity index (χ4n) is 8.53. The van der Waals surface area contributed by atoms with Gasteiger partial charge in [-0.3, -0.25) is 19.2 Å². The number of aromatic nitrogens is 1. The lowest BCUT2D eigenvalue weighted by Gasteiger charge is -2.60. The Bertz CT molecular complexity index is 1670. The molecule has 9 rings (SSSR count). The summed E-state index contributed by atoms with van der Waals surface area (Å²) in [5.41, 5.74) is 1.41. The summed E-state index contributed by atoms with van der Waals surface area (Å²) in [6.45, 7) is 3.84. The first kappa shape index (κ1) is 22.5. The van der Waals surface area contributed by atoms with Crippen LogP contribution in [0.1, 0.15) is 25.1 Å². The number of anilines is 2. The van der Waals surface area contributed by atoms with Crippen molar-refractivity contribution >= 4 is 45.9 Å². The van der Waals surface area contributed by atoms with Crippen molar-refractivity contribution in [2.24, 2.45) is 23.7 Å². The molecular formula is C32H25N3O4. The SMILES string of the molecule is CC12c3[nH]c4ccccc4c3C(C)([C@@H]3C(=O)N(c4ccccc4)C(=O)[C@@H]31)[C@H]1C(=O)N(c3ccccc3)C(=O)[C@H]12. The minimum atomic E-state index is -1.09. The summed E-state index contributed by atoms with van der Waals surface area (Å²) in [5, 5.41) is 0.926. The molecule has 3 aromatic carbocycles. The molecule has 3 aliphatic carbocycles. The van der Waals surface area contributed by atoms with E-state index in [1.54, 1.807) is 48.5 Å². The van der Waals surface area contributed by atoms with Crippen molar-refractivity contribution in [2.45, 2.75) is 24.7 Å². The summed E-state index contributed by atoms with van der Waals surface area (Å²) in [6, 6.07) is 25.7. The van der Waals surface area contributed by atoms with Crippen molar-refractivity contribution in [2.75, 3.05) is 9.80 Å². The molecule has 4 amide bonds. The molecular weight excluding hydrogens is 490 g/mol. The lowest BCUT2D eigenvalue weighted by molar-refractivity contribution is -0.148. The fraction of sp³-hybridized carbons (Fsp3) is 0.250. The number of fused-ring (bicyclic) bond motifs is 1. The van der Waals surface area contributed by atoms with E-state index in [9.17, 15) is 19.2 Å². The normalized spacial score (nSPS) is 32.7. The van der Waals surface area contributed by atoms with E-state index in [0.717, 1.165) is 22.2 Å². The second kappa shape index (κ2) is 7.11. The van der Waals surface area contributed by atoms with E-state index < -0.39 is 34.5 Å². The summed E-state index contributed by atoms with van der Waals surface area (Å²) in [7, 11) is 0. The van der Waals surface area contributed by atoms with Crippen LogP contribution in [0, 0.1) is 23.7 Å². The molecule has 1 aromatic heterocycles. The van der Waals surface area contributed by atoms with Gasteiger partial charge in [-0.05, 0) is 35.9 Å². The first-order chi connectivity index (χ1) is 18.8. The third-order valence-electron chi connectivity index (χ3n) is 10.0. The summed E-state index contributed by atoms with van der Waals surface area (Å²) in [4.78, 5) is 63.5. The zero-order chi connectivity index (χ0) is 26.8. The summed E-state index contributed by atoms with van der Waals surface area (Å²) >= 11 is 0. The van der Waals surface area contributed by atoms with Crippen LogP contribution >= 0.6 is 0 Å². The van der Waals surface area contributed by atoms with Crippen molar-refractivity contribution in [3.05, 3.63) is 96.2 Å². The maximum atomic E-state index is 14.4. The highest BCUT2D eigenvalue weighted by Crippen LogP contribution is 2.71. The molecule has 2 bridgehead atoms. The molecule has 0 spiro atoms. The predicted octanol–water partition coefficient (Wildman–Crippen LogP) is 4.32. The van der Waals surface area contributed by atoms with E-state index in [4.69, 9.17) is 0 Å². The van der Waals surface area contributed by atoms with E-state index in [-0.39, 0.29) is 23.6 Å². The van der Waals surface area contributed by atoms with Gasteiger partial charge in [0.2, 0.25) is 23.6 Å². The Labute approximate surface area is 224 Å². The Kier molecular flexibility index (Phi) is 4.10. The van der Waals surface area contributed by atoms with Crippen LogP contribution in [0.4, 0.5) is 11.4 Å². The number of H-pyrrole nitrogens is 1. The quantitative estimate of drug-likeness (QED) is 0.403. The Morgan fingerprint density at radius 1 is 0.564 bits per heavy atom. The van der Waals surface area contributed by atoms with E-state index in [0.29, 0.717) is 11.4 Å². The average molecular weight is 516 g/mol. The van der Waals surface area contributed by atoms with E-state index in [1.165, 1.54) is 9.80 Å². The van der Waals surface area contributed by atoms with Crippen molar-refractivity contribution in [1.82, 2.24) is 4.98 Å². The standard InChI is InChI=1S/C32H25N3O4/c1-31-21-19-15-9-10-16-20(19)33-26(21)32(2,24-22(31)27(36)34(29(24)38)17-11-5-3-6-12-17)25-23(31)28(37)35(30(25)39)18-13-7-4-8-14-18/h3-16,22-25,33H,1-2H3/t22-,23+,24+,25-,31?,32?. The highest BCUT2D eigenvalue weighted by atomic mass is 16.2. The van der Waals surface area contributed by atoms with Crippen LogP contribution in [0.2, 0.25) is 0 Å². The minimum absolute atomic E-state index is 0.308. The Hall–Kier alpha value is -4.52. The second-order valence-corrected chi connectivity index (χ2v) is 11.6. The largest absolute Gasteiger partial charge is 0.358 e. The molecule has 2 unspecified atom stereocenters. The van der Waals surface area contributed by atoms with Crippen molar-refractivity contribution in [3.8, 4) is 0 Å². The van der Waals surface area contributed by atoms with Gasteiger partial charge < -0.3 is 4.98 Å². The van der Waals surface area contributed by atoms with Gasteiger partial charge in [0.05, 0.1) is 35.0 Å². The molecule has 5 aliphatic rings. The molecule has 4 aromatic rings. The number of aromatic amines is 1. The lowest BCUT2D eigenvalue weighted by atomic mass is 9.38. The minimum Gasteiger partial charge on any atom is -0.358 e. The number of rotatable bonds is 2. The van der Waals surface area contributed by atoms with Gasteiger partial charge in [0.1, 0.15) is 0 Å². The van der Waals surface area contributed by atoms with Gasteiger partial charge in [-0.1, -0.05) is 68.4 Å². The van der Waals surface area contributed by atoms with Crippen molar-refractivity contribution < 1.29 is 19.2 Å². The molecule has 6 atom stereocenters. The molecule has 2 saturated heterocycles. The zero-order valence-corrected chi connectivity index (χ0v) is 21.4. The zero-order valence-electron chi connectivity index (χ0n) is 21.4. The number of benzene rings is 3. The van der Waals surface area contributed by atoms with Crippen molar-refractivity contribution in [1.29, 1.82) is 0 Å². The number of nitrogens with one attached hydrogen (secondary N) is 1. The predicted molar refractivity (Wildman–Crippen MR) is 145 cm³/mol. The van der Waals surface area contributed by atoms with Crippen LogP contribution in [0.25, 0.3) is 10.9 Å². The third kappa shape index (κ3) is 2.36. The number of carbonyl (C=O) groups excluding carboxylic acids is 4. The number of para-hydroxylation sites is 3. The number of nitrogens with zero attached hydrogens (tertiary/aromatic N) is 2. The molecule has 7 heteroatoms. The van der Waals surface area contributed by atoms with Gasteiger partial charge in [0.25, 0.3) is 0 Å². The first-order valence-corrected chi connectivity index (χ1v) is 13.3. The topological polar surface area (TPSA) is 90.6 Å². The van der Waals surface area contributed by atoms with Crippen LogP contribution in [-0.4, -0.2) is 28.6 Å². The van der Waals surface area contributed by atoms with Gasteiger partial charge in [-0.2, -0.15) is 0 Å². The smallest absolute Gasteiger partial charge is 0.238 e. The second-order valence-electron chi connectivity index (χ2n) is 11.6. The van der Waals surface area contributed by atoms with Gasteiger partial charge in [-0.15, -0.1) is 0 Å². The molecule has 192 valence electrons. The maximum absolute atomic E-state index is 14.4. The highest BCUT2D eigenvalue weighted by Gasteiger charge is 2.80. The van der Waals surface area contributed by atoms with Gasteiger partial charge >= 0.3 is 0 Å². The number of hydrogen-bond acceptors (Lipinski definition) is 4. The highest BCUT2D eigenvalue weighted by molar-refractivity contribution is 6.28. The van der Waals surface area contributed by atoms with Crippen molar-refractivity contribution in [3.63, 3.8) is 0 Å².